The minimum Gasteiger partial charge on any atom is -0.449 e. The van der Waals surface area contributed by atoms with Crippen LogP contribution >= 0.6 is 0 Å². The molecule has 0 radical (unpaired) electrons. The smallest absolute Gasteiger partial charge is 0.407 e. The van der Waals surface area contributed by atoms with Gasteiger partial charge in [0.05, 0.1) is 6.04 Å². The summed E-state index contributed by atoms with van der Waals surface area (Å²) in [6.45, 7) is 1.91. The average Bonchev–Trinajstić information content (AvgIpc) is 3.15. The maximum atomic E-state index is 12.9. The van der Waals surface area contributed by atoms with Gasteiger partial charge in [-0.15, -0.1) is 0 Å². The second kappa shape index (κ2) is 8.35. The van der Waals surface area contributed by atoms with Crippen LogP contribution in [0.1, 0.15) is 29.5 Å². The Kier molecular flexibility index (Phi) is 5.23. The van der Waals surface area contributed by atoms with Gasteiger partial charge < -0.3 is 15.4 Å². The molecule has 32 heavy (non-hydrogen) atoms. The lowest BCUT2D eigenvalue weighted by atomic mass is 9.95. The highest BCUT2D eigenvalue weighted by Gasteiger charge is 2.29. The Balaban J connectivity index is 1.21. The molecular weight excluding hydrogens is 400 g/mol. The molecule has 2 N–H and O–H groups in total. The fourth-order valence-electron chi connectivity index (χ4n) is 4.56. The van der Waals surface area contributed by atoms with Crippen LogP contribution in [0, 0.1) is 0 Å². The van der Waals surface area contributed by atoms with Crippen molar-refractivity contribution in [3.05, 3.63) is 101 Å². The minimum absolute atomic E-state index is 0.0130. The predicted octanol–water partition coefficient (Wildman–Crippen LogP) is 5.03. The molecule has 0 aromatic heterocycles. The Morgan fingerprint density at radius 2 is 1.59 bits per heavy atom. The number of carbonyl (C=O) groups excluding carboxylic acids is 2. The number of ketones is 1. The van der Waals surface area contributed by atoms with E-state index < -0.39 is 12.1 Å². The number of para-hydroxylation sites is 1. The number of hydrogen-bond donors (Lipinski definition) is 2. The molecule has 2 aliphatic rings. The van der Waals surface area contributed by atoms with Gasteiger partial charge in [-0.3, -0.25) is 4.79 Å². The number of rotatable bonds is 5. The number of nitrogens with one attached hydrogen (secondary N) is 2. The highest BCUT2D eigenvalue weighted by atomic mass is 16.5. The van der Waals surface area contributed by atoms with Crippen LogP contribution in [-0.2, 0) is 16.0 Å². The van der Waals surface area contributed by atoms with Gasteiger partial charge in [0.1, 0.15) is 6.61 Å². The number of hydrogen-bond acceptors (Lipinski definition) is 4. The van der Waals surface area contributed by atoms with Crippen molar-refractivity contribution in [2.75, 3.05) is 11.9 Å². The number of anilines is 1. The van der Waals surface area contributed by atoms with E-state index in [1.165, 1.54) is 11.1 Å². The van der Waals surface area contributed by atoms with Crippen molar-refractivity contribution >= 4 is 17.6 Å². The Hall–Kier alpha value is -3.86. The predicted molar refractivity (Wildman–Crippen MR) is 125 cm³/mol. The van der Waals surface area contributed by atoms with Crippen molar-refractivity contribution in [3.63, 3.8) is 0 Å². The third-order valence-corrected chi connectivity index (χ3v) is 6.19. The molecule has 3 aromatic rings. The SMILES string of the molecule is C[C@H](NC(=O)OCC1c2ccccc2-c2ccccc21)C(=O)C1=CNc2ccccc2C1. The molecule has 1 aliphatic heterocycles. The van der Waals surface area contributed by atoms with Crippen molar-refractivity contribution < 1.29 is 14.3 Å². The molecule has 1 amide bonds. The van der Waals surface area contributed by atoms with E-state index in [4.69, 9.17) is 4.74 Å². The van der Waals surface area contributed by atoms with Crippen LogP contribution in [0.4, 0.5) is 10.5 Å². The lowest BCUT2D eigenvalue weighted by molar-refractivity contribution is -0.117. The van der Waals surface area contributed by atoms with Crippen LogP contribution in [0.15, 0.2) is 84.6 Å². The molecule has 3 aromatic carbocycles. The first-order valence-corrected chi connectivity index (χ1v) is 10.8. The Morgan fingerprint density at radius 1 is 0.969 bits per heavy atom. The molecule has 5 nitrogen and oxygen atoms in total. The average molecular weight is 425 g/mol. The Morgan fingerprint density at radius 3 is 2.31 bits per heavy atom. The van der Waals surface area contributed by atoms with Crippen LogP contribution in [0.5, 0.6) is 0 Å². The number of benzene rings is 3. The summed E-state index contributed by atoms with van der Waals surface area (Å²) in [5.41, 5.74) is 7.36. The van der Waals surface area contributed by atoms with Crippen molar-refractivity contribution in [1.82, 2.24) is 5.32 Å². The summed E-state index contributed by atoms with van der Waals surface area (Å²) in [5.74, 6) is -0.138. The standard InChI is InChI=1S/C27H24N2O3/c1-17(26(30)19-14-18-8-2-7-13-25(18)28-15-19)29-27(31)32-16-24-22-11-5-3-9-20(22)21-10-4-6-12-23(21)24/h2-13,15,17,24,28H,14,16H2,1H3,(H,29,31)/t17-/m0/s1. The first kappa shape index (κ1) is 20.1. The second-order valence-electron chi connectivity index (χ2n) is 8.20. The maximum Gasteiger partial charge on any atom is 0.407 e. The summed E-state index contributed by atoms with van der Waals surface area (Å²) in [7, 11) is 0. The van der Waals surface area contributed by atoms with Gasteiger partial charge in [-0.2, -0.15) is 0 Å². The number of alkyl carbamates (subject to hydrolysis) is 1. The number of Topliss-reactive ketones (excluding diaryl/α,β-unsaturated/α-hetero) is 1. The third-order valence-electron chi connectivity index (χ3n) is 6.19. The van der Waals surface area contributed by atoms with Crippen LogP contribution < -0.4 is 10.6 Å². The van der Waals surface area contributed by atoms with Crippen LogP contribution in [0.2, 0.25) is 0 Å². The molecule has 5 rings (SSSR count). The van der Waals surface area contributed by atoms with E-state index in [0.717, 1.165) is 22.4 Å². The molecule has 1 heterocycles. The molecule has 0 saturated carbocycles. The van der Waals surface area contributed by atoms with E-state index in [-0.39, 0.29) is 18.3 Å². The lowest BCUT2D eigenvalue weighted by Crippen LogP contribution is -2.40. The van der Waals surface area contributed by atoms with E-state index in [1.807, 2.05) is 48.5 Å². The number of fused-ring (bicyclic) bond motifs is 4. The van der Waals surface area contributed by atoms with Gasteiger partial charge in [-0.05, 0) is 40.8 Å². The van der Waals surface area contributed by atoms with Crippen molar-refractivity contribution in [3.8, 4) is 11.1 Å². The molecule has 1 aliphatic carbocycles. The highest BCUT2D eigenvalue weighted by molar-refractivity contribution is 6.01. The largest absolute Gasteiger partial charge is 0.449 e. The van der Waals surface area contributed by atoms with Crippen LogP contribution in [0.25, 0.3) is 11.1 Å². The summed E-state index contributed by atoms with van der Waals surface area (Å²) in [4.78, 5) is 25.4. The maximum absolute atomic E-state index is 12.9. The summed E-state index contributed by atoms with van der Waals surface area (Å²) in [5, 5.41) is 5.85. The Bertz CT molecular complexity index is 1190. The minimum atomic E-state index is -0.677. The fraction of sp³-hybridized carbons (Fsp3) is 0.185. The molecule has 0 bridgehead atoms. The fourth-order valence-corrected chi connectivity index (χ4v) is 4.56. The molecule has 5 heteroatoms. The monoisotopic (exact) mass is 424 g/mol. The molecule has 0 spiro atoms. The summed E-state index contributed by atoms with van der Waals surface area (Å²) < 4.78 is 5.57. The lowest BCUT2D eigenvalue weighted by Gasteiger charge is -2.21. The van der Waals surface area contributed by atoms with E-state index >= 15 is 0 Å². The summed E-state index contributed by atoms with van der Waals surface area (Å²) >= 11 is 0. The summed E-state index contributed by atoms with van der Waals surface area (Å²) in [6.07, 6.45) is 1.68. The van der Waals surface area contributed by atoms with Gasteiger partial charge >= 0.3 is 6.09 Å². The zero-order valence-corrected chi connectivity index (χ0v) is 17.8. The quantitative estimate of drug-likeness (QED) is 0.603. The molecule has 0 saturated heterocycles. The normalized spacial score (nSPS) is 14.8. The van der Waals surface area contributed by atoms with Crippen molar-refractivity contribution in [2.24, 2.45) is 0 Å². The van der Waals surface area contributed by atoms with E-state index in [9.17, 15) is 9.59 Å². The molecule has 0 fully saturated rings. The zero-order chi connectivity index (χ0) is 22.1. The first-order chi connectivity index (χ1) is 15.6. The van der Waals surface area contributed by atoms with Gasteiger partial charge in [0.15, 0.2) is 5.78 Å². The van der Waals surface area contributed by atoms with E-state index in [2.05, 4.69) is 34.9 Å². The molecule has 160 valence electrons. The van der Waals surface area contributed by atoms with Gasteiger partial charge in [0.2, 0.25) is 0 Å². The van der Waals surface area contributed by atoms with Gasteiger partial charge in [0, 0.05) is 29.8 Å². The van der Waals surface area contributed by atoms with Gasteiger partial charge in [-0.25, -0.2) is 4.79 Å². The molecule has 0 unspecified atom stereocenters. The molecular formula is C27H24N2O3. The highest BCUT2D eigenvalue weighted by Crippen LogP contribution is 2.44. The summed E-state index contributed by atoms with van der Waals surface area (Å²) in [6, 6.07) is 23.6. The van der Waals surface area contributed by atoms with Crippen molar-refractivity contribution in [1.29, 1.82) is 0 Å². The number of amides is 1. The van der Waals surface area contributed by atoms with Gasteiger partial charge in [-0.1, -0.05) is 66.7 Å². The first-order valence-electron chi connectivity index (χ1n) is 10.8. The van der Waals surface area contributed by atoms with E-state index in [0.29, 0.717) is 12.0 Å². The van der Waals surface area contributed by atoms with Crippen LogP contribution in [0.3, 0.4) is 0 Å². The zero-order valence-electron chi connectivity index (χ0n) is 17.8. The van der Waals surface area contributed by atoms with Crippen molar-refractivity contribution in [2.45, 2.75) is 25.3 Å². The second-order valence-corrected chi connectivity index (χ2v) is 8.20. The number of ether oxygens (including phenoxy) is 1. The molecule has 1 atom stereocenters. The number of carbonyl (C=O) groups is 2. The topological polar surface area (TPSA) is 67.4 Å². The van der Waals surface area contributed by atoms with E-state index in [1.54, 1.807) is 13.1 Å². The Labute approximate surface area is 187 Å². The van der Waals surface area contributed by atoms with Gasteiger partial charge in [0.25, 0.3) is 0 Å². The van der Waals surface area contributed by atoms with Crippen LogP contribution in [-0.4, -0.2) is 24.5 Å². The third kappa shape index (κ3) is 3.66.